The summed E-state index contributed by atoms with van der Waals surface area (Å²) >= 11 is 0. The van der Waals surface area contributed by atoms with Crippen molar-refractivity contribution in [1.82, 2.24) is 5.32 Å². The largest absolute Gasteiger partial charge is 0.466 e. The fourth-order valence-corrected chi connectivity index (χ4v) is 1.65. The summed E-state index contributed by atoms with van der Waals surface area (Å²) < 4.78 is 18.3. The van der Waals surface area contributed by atoms with E-state index in [4.69, 9.17) is 4.42 Å². The van der Waals surface area contributed by atoms with Crippen LogP contribution < -0.4 is 5.32 Å². The van der Waals surface area contributed by atoms with Gasteiger partial charge in [0.05, 0.1) is 0 Å². The van der Waals surface area contributed by atoms with E-state index in [1.54, 1.807) is 6.07 Å². The molecule has 2 aromatic rings. The monoisotopic (exact) mass is 247 g/mol. The van der Waals surface area contributed by atoms with Crippen molar-refractivity contribution in [2.45, 2.75) is 13.3 Å². The normalized spacial score (nSPS) is 10.3. The van der Waals surface area contributed by atoms with Gasteiger partial charge in [-0.2, -0.15) is 0 Å². The van der Waals surface area contributed by atoms with Crippen LogP contribution in [0.3, 0.4) is 0 Å². The van der Waals surface area contributed by atoms with Crippen LogP contribution in [0.1, 0.15) is 21.9 Å². The number of carbonyl (C=O) groups excluding carboxylic acids is 1. The van der Waals surface area contributed by atoms with Gasteiger partial charge in [0.15, 0.2) is 0 Å². The number of halogens is 1. The molecule has 0 unspecified atom stereocenters. The second kappa shape index (κ2) is 5.49. The van der Waals surface area contributed by atoms with Crippen LogP contribution in [0.15, 0.2) is 40.8 Å². The topological polar surface area (TPSA) is 42.2 Å². The number of furan rings is 1. The predicted molar refractivity (Wildman–Crippen MR) is 65.9 cm³/mol. The Labute approximate surface area is 105 Å². The fraction of sp³-hybridized carbons (Fsp3) is 0.214. The lowest BCUT2D eigenvalue weighted by Gasteiger charge is -2.04. The van der Waals surface area contributed by atoms with Crippen molar-refractivity contribution >= 4 is 5.91 Å². The first-order valence-corrected chi connectivity index (χ1v) is 5.74. The molecule has 1 N–H and O–H groups in total. The molecule has 1 aromatic carbocycles. The summed E-state index contributed by atoms with van der Waals surface area (Å²) in [6.45, 7) is 2.33. The van der Waals surface area contributed by atoms with Gasteiger partial charge in [-0.15, -0.1) is 0 Å². The summed E-state index contributed by atoms with van der Waals surface area (Å²) in [5.74, 6) is 0.982. The average Bonchev–Trinajstić information content (AvgIpc) is 2.75. The van der Waals surface area contributed by atoms with Gasteiger partial charge in [0.25, 0.3) is 5.91 Å². The van der Waals surface area contributed by atoms with E-state index in [0.717, 1.165) is 11.5 Å². The van der Waals surface area contributed by atoms with Gasteiger partial charge in [-0.05, 0) is 37.3 Å². The molecule has 0 atom stereocenters. The molecule has 0 aliphatic rings. The quantitative estimate of drug-likeness (QED) is 0.902. The van der Waals surface area contributed by atoms with Crippen molar-refractivity contribution in [3.05, 3.63) is 59.3 Å². The lowest BCUT2D eigenvalue weighted by atomic mass is 10.2. The summed E-state index contributed by atoms with van der Waals surface area (Å²) in [5, 5.41) is 2.72. The minimum Gasteiger partial charge on any atom is -0.466 e. The highest BCUT2D eigenvalue weighted by molar-refractivity contribution is 5.94. The average molecular weight is 247 g/mol. The molecule has 18 heavy (non-hydrogen) atoms. The summed E-state index contributed by atoms with van der Waals surface area (Å²) in [5.41, 5.74) is 0.325. The van der Waals surface area contributed by atoms with Gasteiger partial charge in [0.2, 0.25) is 0 Å². The molecule has 0 aliphatic carbocycles. The smallest absolute Gasteiger partial charge is 0.251 e. The molecule has 4 heteroatoms. The Morgan fingerprint density at radius 1 is 1.33 bits per heavy atom. The van der Waals surface area contributed by atoms with Crippen LogP contribution in [-0.4, -0.2) is 12.5 Å². The lowest BCUT2D eigenvalue weighted by molar-refractivity contribution is 0.0953. The van der Waals surface area contributed by atoms with E-state index >= 15 is 0 Å². The first-order valence-electron chi connectivity index (χ1n) is 5.74. The zero-order valence-electron chi connectivity index (χ0n) is 10.1. The van der Waals surface area contributed by atoms with Crippen LogP contribution in [0.5, 0.6) is 0 Å². The number of carbonyl (C=O) groups is 1. The highest BCUT2D eigenvalue weighted by Gasteiger charge is 2.06. The van der Waals surface area contributed by atoms with Gasteiger partial charge >= 0.3 is 0 Å². The molecule has 2 rings (SSSR count). The number of benzene rings is 1. The summed E-state index contributed by atoms with van der Waals surface area (Å²) in [6, 6.07) is 9.37. The van der Waals surface area contributed by atoms with Crippen molar-refractivity contribution < 1.29 is 13.6 Å². The van der Waals surface area contributed by atoms with Crippen molar-refractivity contribution in [2.75, 3.05) is 6.54 Å². The van der Waals surface area contributed by atoms with Gasteiger partial charge in [-0.25, -0.2) is 4.39 Å². The molecule has 0 fully saturated rings. The van der Waals surface area contributed by atoms with Crippen LogP contribution in [0, 0.1) is 12.7 Å². The third kappa shape index (κ3) is 3.20. The number of hydrogen-bond donors (Lipinski definition) is 1. The molecule has 3 nitrogen and oxygen atoms in total. The van der Waals surface area contributed by atoms with Crippen LogP contribution in [0.2, 0.25) is 0 Å². The van der Waals surface area contributed by atoms with Gasteiger partial charge in [-0.3, -0.25) is 4.79 Å². The van der Waals surface area contributed by atoms with E-state index < -0.39 is 5.82 Å². The van der Waals surface area contributed by atoms with Gasteiger partial charge < -0.3 is 9.73 Å². The van der Waals surface area contributed by atoms with E-state index in [-0.39, 0.29) is 5.91 Å². The van der Waals surface area contributed by atoms with Crippen LogP contribution >= 0.6 is 0 Å². The first kappa shape index (κ1) is 12.4. The van der Waals surface area contributed by atoms with Crippen LogP contribution in [-0.2, 0) is 6.42 Å². The Morgan fingerprint density at radius 3 is 2.83 bits per heavy atom. The van der Waals surface area contributed by atoms with Crippen LogP contribution in [0.25, 0.3) is 0 Å². The van der Waals surface area contributed by atoms with Gasteiger partial charge in [0.1, 0.15) is 17.3 Å². The molecular formula is C14H14FNO2. The van der Waals surface area contributed by atoms with E-state index in [2.05, 4.69) is 5.32 Å². The third-order valence-electron chi connectivity index (χ3n) is 2.54. The zero-order valence-corrected chi connectivity index (χ0v) is 10.1. The molecular weight excluding hydrogens is 233 g/mol. The van der Waals surface area contributed by atoms with E-state index in [1.165, 1.54) is 18.2 Å². The number of aryl methyl sites for hydroxylation is 1. The van der Waals surface area contributed by atoms with Crippen molar-refractivity contribution in [2.24, 2.45) is 0 Å². The second-order valence-electron chi connectivity index (χ2n) is 4.03. The summed E-state index contributed by atoms with van der Waals surface area (Å²) in [7, 11) is 0. The third-order valence-corrected chi connectivity index (χ3v) is 2.54. The number of nitrogens with one attached hydrogen (secondary N) is 1. The molecule has 0 spiro atoms. The molecule has 0 saturated heterocycles. The minimum atomic E-state index is -0.413. The highest BCUT2D eigenvalue weighted by atomic mass is 19.1. The van der Waals surface area contributed by atoms with E-state index in [9.17, 15) is 9.18 Å². The molecule has 1 aromatic heterocycles. The van der Waals surface area contributed by atoms with E-state index in [0.29, 0.717) is 18.5 Å². The maximum absolute atomic E-state index is 12.9. The zero-order chi connectivity index (χ0) is 13.0. The summed E-state index contributed by atoms with van der Waals surface area (Å²) in [4.78, 5) is 11.7. The molecule has 0 bridgehead atoms. The van der Waals surface area contributed by atoms with Crippen LogP contribution in [0.4, 0.5) is 4.39 Å². The fourth-order valence-electron chi connectivity index (χ4n) is 1.65. The Hall–Kier alpha value is -2.10. The Bertz CT molecular complexity index is 548. The molecule has 0 saturated carbocycles. The predicted octanol–water partition coefficient (Wildman–Crippen LogP) is 2.70. The second-order valence-corrected chi connectivity index (χ2v) is 4.03. The molecule has 1 amide bonds. The Kier molecular flexibility index (Phi) is 3.77. The lowest BCUT2D eigenvalue weighted by Crippen LogP contribution is -2.25. The molecule has 94 valence electrons. The van der Waals surface area contributed by atoms with Gasteiger partial charge in [-0.1, -0.05) is 6.07 Å². The highest BCUT2D eigenvalue weighted by Crippen LogP contribution is 2.07. The first-order chi connectivity index (χ1) is 8.65. The molecule has 0 radical (unpaired) electrons. The molecule has 1 heterocycles. The maximum atomic E-state index is 12.9. The SMILES string of the molecule is Cc1ccc(CCNC(=O)c2cccc(F)c2)o1. The number of hydrogen-bond acceptors (Lipinski definition) is 2. The van der Waals surface area contributed by atoms with Crippen molar-refractivity contribution in [3.63, 3.8) is 0 Å². The van der Waals surface area contributed by atoms with Crippen molar-refractivity contribution in [3.8, 4) is 0 Å². The summed E-state index contributed by atoms with van der Waals surface area (Å²) in [6.07, 6.45) is 0.620. The van der Waals surface area contributed by atoms with Gasteiger partial charge in [0, 0.05) is 18.5 Å². The maximum Gasteiger partial charge on any atom is 0.251 e. The minimum absolute atomic E-state index is 0.280. The standard InChI is InChI=1S/C14H14FNO2/c1-10-5-6-13(18-10)7-8-16-14(17)11-3-2-4-12(15)9-11/h2-6,9H,7-8H2,1H3,(H,16,17). The Morgan fingerprint density at radius 2 is 2.17 bits per heavy atom. The number of rotatable bonds is 4. The number of amides is 1. The Balaban J connectivity index is 1.85. The van der Waals surface area contributed by atoms with Crippen molar-refractivity contribution in [1.29, 1.82) is 0 Å². The van der Waals surface area contributed by atoms with E-state index in [1.807, 2.05) is 19.1 Å². The molecule has 0 aliphatic heterocycles.